The minimum Gasteiger partial charge on any atom is -0.164 e. The predicted molar refractivity (Wildman–Crippen MR) is 59.9 cm³/mol. The molecule has 1 aromatic rings. The molecule has 0 saturated carbocycles. The van der Waals surface area contributed by atoms with Crippen molar-refractivity contribution in [1.29, 1.82) is 0 Å². The molecule has 0 spiro atoms. The molecule has 0 amide bonds. The average Bonchev–Trinajstić information content (AvgIpc) is 2.15. The predicted octanol–water partition coefficient (Wildman–Crippen LogP) is 3.86. The van der Waals surface area contributed by atoms with Gasteiger partial charge in [-0.05, 0) is 25.0 Å². The van der Waals surface area contributed by atoms with Crippen LogP contribution in [0.25, 0.3) is 0 Å². The van der Waals surface area contributed by atoms with Gasteiger partial charge in [0.2, 0.25) is 0 Å². The minimum atomic E-state index is -4.45. The van der Waals surface area contributed by atoms with Crippen molar-refractivity contribution in [1.82, 2.24) is 10.2 Å². The van der Waals surface area contributed by atoms with Gasteiger partial charge in [0.1, 0.15) is 0 Å². The Kier molecular flexibility index (Phi) is 4.36. The molecule has 2 nitrogen and oxygen atoms in total. The van der Waals surface area contributed by atoms with Crippen LogP contribution in [-0.4, -0.2) is 15.6 Å². The van der Waals surface area contributed by atoms with Crippen molar-refractivity contribution in [3.05, 3.63) is 23.5 Å². The Balaban J connectivity index is 3.01. The summed E-state index contributed by atoms with van der Waals surface area (Å²) in [5.41, 5.74) is -0.485. The Bertz CT molecular complexity index is 352. The van der Waals surface area contributed by atoms with Crippen LogP contribution in [0.2, 0.25) is 0 Å². The van der Waals surface area contributed by atoms with Crippen molar-refractivity contribution < 1.29 is 13.2 Å². The van der Waals surface area contributed by atoms with Gasteiger partial charge in [-0.25, -0.2) is 0 Å². The zero-order chi connectivity index (χ0) is 13.2. The first-order chi connectivity index (χ1) is 7.73. The first kappa shape index (κ1) is 14.2. The van der Waals surface area contributed by atoms with Crippen LogP contribution in [0.1, 0.15) is 38.1 Å². The molecule has 2 atom stereocenters. The lowest BCUT2D eigenvalue weighted by Crippen LogP contribution is -2.19. The number of hydrogen-bond donors (Lipinski definition) is 0. The third-order valence-corrected chi connectivity index (χ3v) is 2.80. The molecule has 6 heteroatoms. The van der Waals surface area contributed by atoms with Crippen LogP contribution < -0.4 is 0 Å². The number of aromatic nitrogens is 2. The van der Waals surface area contributed by atoms with Crippen molar-refractivity contribution >= 4 is 11.6 Å². The van der Waals surface area contributed by atoms with Crippen molar-refractivity contribution in [2.24, 2.45) is 5.92 Å². The van der Waals surface area contributed by atoms with Gasteiger partial charge in [0.05, 0.1) is 5.69 Å². The fraction of sp³-hybridized carbons (Fsp3) is 0.636. The van der Waals surface area contributed by atoms with Crippen molar-refractivity contribution in [2.75, 3.05) is 0 Å². The summed E-state index contributed by atoms with van der Waals surface area (Å²) in [6.07, 6.45) is -4.45. The van der Waals surface area contributed by atoms with E-state index >= 15 is 0 Å². The van der Waals surface area contributed by atoms with Crippen LogP contribution in [-0.2, 0) is 6.18 Å². The molecule has 1 heterocycles. The van der Waals surface area contributed by atoms with Gasteiger partial charge in [0.15, 0.2) is 5.69 Å². The lowest BCUT2D eigenvalue weighted by molar-refractivity contribution is -0.141. The minimum absolute atomic E-state index is 0.105. The highest BCUT2D eigenvalue weighted by Gasteiger charge is 2.33. The van der Waals surface area contributed by atoms with Crippen molar-refractivity contribution in [2.45, 2.75) is 38.2 Å². The standard InChI is InChI=1S/C11H14ClF3N2/c1-6(2)10(7(3)12)8-4-5-9(17-16-8)11(13,14)15/h4-7,10H,1-3H3. The van der Waals surface area contributed by atoms with E-state index in [1.54, 1.807) is 6.92 Å². The highest BCUT2D eigenvalue weighted by Crippen LogP contribution is 2.31. The average molecular weight is 267 g/mol. The van der Waals surface area contributed by atoms with Crippen LogP contribution in [0.4, 0.5) is 13.2 Å². The number of nitrogens with zero attached hydrogens (tertiary/aromatic N) is 2. The van der Waals surface area contributed by atoms with E-state index in [0.717, 1.165) is 6.07 Å². The maximum atomic E-state index is 12.3. The van der Waals surface area contributed by atoms with Gasteiger partial charge in [0, 0.05) is 11.3 Å². The van der Waals surface area contributed by atoms with Gasteiger partial charge < -0.3 is 0 Å². The summed E-state index contributed by atoms with van der Waals surface area (Å²) in [5.74, 6) is 0.0833. The molecular weight excluding hydrogens is 253 g/mol. The van der Waals surface area contributed by atoms with Crippen molar-refractivity contribution in [3.63, 3.8) is 0 Å². The monoisotopic (exact) mass is 266 g/mol. The number of halogens is 4. The molecule has 2 unspecified atom stereocenters. The molecule has 0 bridgehead atoms. The number of alkyl halides is 4. The van der Waals surface area contributed by atoms with E-state index in [0.29, 0.717) is 5.69 Å². The van der Waals surface area contributed by atoms with Crippen LogP contribution in [0.3, 0.4) is 0 Å². The Hall–Kier alpha value is -0.840. The van der Waals surface area contributed by atoms with E-state index in [1.807, 2.05) is 13.8 Å². The molecule has 0 fully saturated rings. The zero-order valence-corrected chi connectivity index (χ0v) is 10.5. The number of hydrogen-bond acceptors (Lipinski definition) is 2. The Morgan fingerprint density at radius 3 is 2.00 bits per heavy atom. The van der Waals surface area contributed by atoms with Gasteiger partial charge >= 0.3 is 6.18 Å². The smallest absolute Gasteiger partial charge is 0.164 e. The molecule has 0 aliphatic carbocycles. The second-order valence-corrected chi connectivity index (χ2v) is 4.98. The number of rotatable bonds is 3. The van der Waals surface area contributed by atoms with Crippen molar-refractivity contribution in [3.8, 4) is 0 Å². The van der Waals surface area contributed by atoms with Gasteiger partial charge in [-0.3, -0.25) is 0 Å². The molecule has 1 aromatic heterocycles. The zero-order valence-electron chi connectivity index (χ0n) is 9.79. The maximum absolute atomic E-state index is 12.3. The highest BCUT2D eigenvalue weighted by atomic mass is 35.5. The van der Waals surface area contributed by atoms with E-state index in [9.17, 15) is 13.2 Å². The second kappa shape index (κ2) is 5.21. The molecule has 96 valence electrons. The van der Waals surface area contributed by atoms with Gasteiger partial charge in [-0.15, -0.1) is 16.7 Å². The fourth-order valence-electron chi connectivity index (χ4n) is 1.78. The SMILES string of the molecule is CC(C)C(c1ccc(C(F)(F)F)nn1)C(C)Cl. The van der Waals surface area contributed by atoms with Crippen LogP contribution >= 0.6 is 11.6 Å². The summed E-state index contributed by atoms with van der Waals surface area (Å²) < 4.78 is 36.9. The Morgan fingerprint density at radius 1 is 1.12 bits per heavy atom. The van der Waals surface area contributed by atoms with E-state index < -0.39 is 11.9 Å². The molecule has 0 radical (unpaired) electrons. The third-order valence-electron chi connectivity index (χ3n) is 2.53. The largest absolute Gasteiger partial charge is 0.435 e. The summed E-state index contributed by atoms with van der Waals surface area (Å²) in [4.78, 5) is 0. The molecule has 1 rings (SSSR count). The molecular formula is C11H14ClF3N2. The lowest BCUT2D eigenvalue weighted by atomic mass is 9.89. The first-order valence-electron chi connectivity index (χ1n) is 5.28. The first-order valence-corrected chi connectivity index (χ1v) is 5.72. The van der Waals surface area contributed by atoms with Crippen LogP contribution in [0, 0.1) is 5.92 Å². The molecule has 0 aliphatic heterocycles. The van der Waals surface area contributed by atoms with Crippen LogP contribution in [0.5, 0.6) is 0 Å². The summed E-state index contributed by atoms with van der Waals surface area (Å²) in [5, 5.41) is 6.63. The maximum Gasteiger partial charge on any atom is 0.435 e. The van der Waals surface area contributed by atoms with Gasteiger partial charge in [0.25, 0.3) is 0 Å². The summed E-state index contributed by atoms with van der Waals surface area (Å²) >= 11 is 6.01. The van der Waals surface area contributed by atoms with E-state index in [4.69, 9.17) is 11.6 Å². The van der Waals surface area contributed by atoms with Crippen LogP contribution in [0.15, 0.2) is 12.1 Å². The Labute approximate surface area is 103 Å². The lowest BCUT2D eigenvalue weighted by Gasteiger charge is -2.22. The van der Waals surface area contributed by atoms with Gasteiger partial charge in [-0.2, -0.15) is 18.3 Å². The Morgan fingerprint density at radius 2 is 1.71 bits per heavy atom. The van der Waals surface area contributed by atoms with E-state index in [-0.39, 0.29) is 17.2 Å². The van der Waals surface area contributed by atoms with E-state index in [1.165, 1.54) is 6.07 Å². The molecule has 0 saturated heterocycles. The topological polar surface area (TPSA) is 25.8 Å². The molecule has 0 aromatic carbocycles. The molecule has 0 N–H and O–H groups in total. The third kappa shape index (κ3) is 3.56. The second-order valence-electron chi connectivity index (χ2n) is 4.29. The van der Waals surface area contributed by atoms with Gasteiger partial charge in [-0.1, -0.05) is 13.8 Å². The molecule has 0 aliphatic rings. The van der Waals surface area contributed by atoms with E-state index in [2.05, 4.69) is 10.2 Å². The summed E-state index contributed by atoms with van der Waals surface area (Å²) in [7, 11) is 0. The fourth-order valence-corrected chi connectivity index (χ4v) is 2.20. The summed E-state index contributed by atoms with van der Waals surface area (Å²) in [6, 6.07) is 2.29. The normalized spacial score (nSPS) is 16.0. The highest BCUT2D eigenvalue weighted by molar-refractivity contribution is 6.20. The quantitative estimate of drug-likeness (QED) is 0.777. The molecule has 17 heavy (non-hydrogen) atoms. The summed E-state index contributed by atoms with van der Waals surface area (Å²) in [6.45, 7) is 5.69.